The minimum atomic E-state index is -0.357. The lowest BCUT2D eigenvalue weighted by molar-refractivity contribution is 0.0948. The van der Waals surface area contributed by atoms with Gasteiger partial charge in [-0.25, -0.2) is 0 Å². The van der Waals surface area contributed by atoms with Gasteiger partial charge in [-0.05, 0) is 29.8 Å². The van der Waals surface area contributed by atoms with E-state index in [-0.39, 0.29) is 23.8 Å². The minimum absolute atomic E-state index is 0.0535. The van der Waals surface area contributed by atoms with E-state index in [1.165, 1.54) is 6.07 Å². The van der Waals surface area contributed by atoms with E-state index < -0.39 is 0 Å². The molecule has 0 saturated carbocycles. The molecule has 0 atom stereocenters. The van der Waals surface area contributed by atoms with Crippen LogP contribution in [0.1, 0.15) is 15.9 Å². The molecule has 0 aromatic heterocycles. The number of nitrogens with one attached hydrogen (secondary N) is 1. The average Bonchev–Trinajstić information content (AvgIpc) is 2.38. The van der Waals surface area contributed by atoms with Crippen LogP contribution in [0.5, 0.6) is 5.75 Å². The highest BCUT2D eigenvalue weighted by Gasteiger charge is 2.10. The van der Waals surface area contributed by atoms with Crippen LogP contribution in [0.4, 0.5) is 0 Å². The van der Waals surface area contributed by atoms with Crippen LogP contribution < -0.4 is 5.32 Å². The van der Waals surface area contributed by atoms with Gasteiger partial charge in [0.15, 0.2) is 0 Å². The highest BCUT2D eigenvalue weighted by Crippen LogP contribution is 2.21. The largest absolute Gasteiger partial charge is 0.507 e. The molecule has 0 aliphatic carbocycles. The first kappa shape index (κ1) is 13.7. The maximum Gasteiger partial charge on any atom is 0.255 e. The first-order chi connectivity index (χ1) is 9.08. The van der Waals surface area contributed by atoms with E-state index in [1.807, 2.05) is 0 Å². The number of phenols is 1. The zero-order chi connectivity index (χ0) is 13.8. The van der Waals surface area contributed by atoms with E-state index in [2.05, 4.69) is 5.32 Å². The van der Waals surface area contributed by atoms with Crippen molar-refractivity contribution in [1.29, 1.82) is 0 Å². The molecule has 0 fully saturated rings. The van der Waals surface area contributed by atoms with Crippen LogP contribution in [0.15, 0.2) is 42.5 Å². The number of hydrogen-bond acceptors (Lipinski definition) is 2. The van der Waals surface area contributed by atoms with Crippen LogP contribution in [0.25, 0.3) is 0 Å². The summed E-state index contributed by atoms with van der Waals surface area (Å²) in [5.74, 6) is -0.411. The average molecular weight is 296 g/mol. The van der Waals surface area contributed by atoms with Crippen molar-refractivity contribution in [1.82, 2.24) is 5.32 Å². The van der Waals surface area contributed by atoms with Gasteiger partial charge in [0.05, 0.1) is 5.56 Å². The summed E-state index contributed by atoms with van der Waals surface area (Å²) in [6, 6.07) is 11.4. The Morgan fingerprint density at radius 2 is 1.89 bits per heavy atom. The summed E-state index contributed by atoms with van der Waals surface area (Å²) >= 11 is 11.8. The molecule has 2 aromatic carbocycles. The van der Waals surface area contributed by atoms with Gasteiger partial charge in [0.25, 0.3) is 5.91 Å². The third-order valence-corrected chi connectivity index (χ3v) is 3.19. The molecule has 2 rings (SSSR count). The van der Waals surface area contributed by atoms with Gasteiger partial charge in [-0.15, -0.1) is 0 Å². The number of rotatable bonds is 3. The first-order valence-electron chi connectivity index (χ1n) is 5.58. The normalized spacial score (nSPS) is 10.2. The molecule has 1 amide bonds. The van der Waals surface area contributed by atoms with Crippen LogP contribution in [0, 0.1) is 0 Å². The molecule has 0 radical (unpaired) electrons. The maximum atomic E-state index is 11.9. The van der Waals surface area contributed by atoms with Crippen LogP contribution in [-0.4, -0.2) is 11.0 Å². The van der Waals surface area contributed by atoms with Crippen LogP contribution in [-0.2, 0) is 6.54 Å². The number of hydrogen-bond donors (Lipinski definition) is 2. The van der Waals surface area contributed by atoms with Crippen molar-refractivity contribution in [3.8, 4) is 5.75 Å². The molecule has 0 heterocycles. The zero-order valence-electron chi connectivity index (χ0n) is 9.86. The fraction of sp³-hybridized carbons (Fsp3) is 0.0714. The molecule has 0 aliphatic heterocycles. The SMILES string of the molecule is O=C(NCc1ccc(Cl)cc1Cl)c1ccccc1O. The molecule has 0 saturated heterocycles. The van der Waals surface area contributed by atoms with Crippen molar-refractivity contribution < 1.29 is 9.90 Å². The van der Waals surface area contributed by atoms with Gasteiger partial charge in [-0.2, -0.15) is 0 Å². The lowest BCUT2D eigenvalue weighted by Gasteiger charge is -2.08. The Bertz CT molecular complexity index is 614. The van der Waals surface area contributed by atoms with Crippen LogP contribution in [0.2, 0.25) is 10.0 Å². The molecule has 3 nitrogen and oxygen atoms in total. The second-order valence-corrected chi connectivity index (χ2v) is 4.78. The van der Waals surface area contributed by atoms with Crippen molar-refractivity contribution in [3.63, 3.8) is 0 Å². The van der Waals surface area contributed by atoms with Gasteiger partial charge < -0.3 is 10.4 Å². The van der Waals surface area contributed by atoms with Crippen molar-refractivity contribution in [2.75, 3.05) is 0 Å². The summed E-state index contributed by atoms with van der Waals surface area (Å²) in [6.07, 6.45) is 0. The minimum Gasteiger partial charge on any atom is -0.507 e. The molecule has 2 aromatic rings. The van der Waals surface area contributed by atoms with Crippen molar-refractivity contribution in [2.24, 2.45) is 0 Å². The molecule has 0 spiro atoms. The Morgan fingerprint density at radius 1 is 1.16 bits per heavy atom. The smallest absolute Gasteiger partial charge is 0.255 e. The summed E-state index contributed by atoms with van der Waals surface area (Å²) in [5, 5.41) is 13.3. The lowest BCUT2D eigenvalue weighted by Crippen LogP contribution is -2.22. The molecule has 5 heteroatoms. The monoisotopic (exact) mass is 295 g/mol. The number of aromatic hydroxyl groups is 1. The summed E-state index contributed by atoms with van der Waals surface area (Å²) in [5.41, 5.74) is 0.988. The Morgan fingerprint density at radius 3 is 2.58 bits per heavy atom. The molecule has 0 unspecified atom stereocenters. The highest BCUT2D eigenvalue weighted by molar-refractivity contribution is 6.35. The Kier molecular flexibility index (Phi) is 4.30. The van der Waals surface area contributed by atoms with E-state index in [9.17, 15) is 9.90 Å². The van der Waals surface area contributed by atoms with E-state index in [0.29, 0.717) is 10.0 Å². The van der Waals surface area contributed by atoms with Crippen molar-refractivity contribution in [3.05, 3.63) is 63.6 Å². The Labute approximate surface area is 120 Å². The second-order valence-electron chi connectivity index (χ2n) is 3.94. The quantitative estimate of drug-likeness (QED) is 0.908. The zero-order valence-corrected chi connectivity index (χ0v) is 11.4. The summed E-state index contributed by atoms with van der Waals surface area (Å²) in [4.78, 5) is 11.9. The molecule has 98 valence electrons. The van der Waals surface area contributed by atoms with E-state index in [0.717, 1.165) is 5.56 Å². The van der Waals surface area contributed by atoms with E-state index >= 15 is 0 Å². The predicted molar refractivity (Wildman–Crippen MR) is 75.7 cm³/mol. The predicted octanol–water partition coefficient (Wildman–Crippen LogP) is 3.63. The third kappa shape index (κ3) is 3.40. The van der Waals surface area contributed by atoms with Crippen LogP contribution >= 0.6 is 23.2 Å². The van der Waals surface area contributed by atoms with Crippen molar-refractivity contribution in [2.45, 2.75) is 6.54 Å². The van der Waals surface area contributed by atoms with E-state index in [4.69, 9.17) is 23.2 Å². The van der Waals surface area contributed by atoms with Crippen molar-refractivity contribution >= 4 is 29.1 Å². The second kappa shape index (κ2) is 5.95. The third-order valence-electron chi connectivity index (χ3n) is 2.60. The summed E-state index contributed by atoms with van der Waals surface area (Å²) < 4.78 is 0. The molecular weight excluding hydrogens is 285 g/mol. The first-order valence-corrected chi connectivity index (χ1v) is 6.33. The van der Waals surface area contributed by atoms with E-state index in [1.54, 1.807) is 36.4 Å². The number of phenolic OH excluding ortho intramolecular Hbond substituents is 1. The Hall–Kier alpha value is -1.71. The van der Waals surface area contributed by atoms with Gasteiger partial charge >= 0.3 is 0 Å². The lowest BCUT2D eigenvalue weighted by atomic mass is 10.1. The number of carbonyl (C=O) groups excluding carboxylic acids is 1. The number of benzene rings is 2. The summed E-state index contributed by atoms with van der Waals surface area (Å²) in [6.45, 7) is 0.267. The molecule has 2 N–H and O–H groups in total. The van der Waals surface area contributed by atoms with Gasteiger partial charge in [0, 0.05) is 16.6 Å². The molecule has 0 bridgehead atoms. The number of halogens is 2. The Balaban J connectivity index is 2.07. The number of amides is 1. The van der Waals surface area contributed by atoms with Gasteiger partial charge in [0.1, 0.15) is 5.75 Å². The fourth-order valence-electron chi connectivity index (χ4n) is 1.60. The molecule has 0 aliphatic rings. The number of para-hydroxylation sites is 1. The van der Waals surface area contributed by atoms with Gasteiger partial charge in [-0.3, -0.25) is 4.79 Å². The topological polar surface area (TPSA) is 49.3 Å². The van der Waals surface area contributed by atoms with Gasteiger partial charge in [0.2, 0.25) is 0 Å². The standard InChI is InChI=1S/C14H11Cl2NO2/c15-10-6-5-9(12(16)7-10)8-17-14(19)11-3-1-2-4-13(11)18/h1-7,18H,8H2,(H,17,19). The molecular formula is C14H11Cl2NO2. The maximum absolute atomic E-state index is 11.9. The van der Waals surface area contributed by atoms with Crippen LogP contribution in [0.3, 0.4) is 0 Å². The number of carbonyl (C=O) groups is 1. The summed E-state index contributed by atoms with van der Waals surface area (Å²) in [7, 11) is 0. The fourth-order valence-corrected chi connectivity index (χ4v) is 2.08. The molecule has 19 heavy (non-hydrogen) atoms. The highest BCUT2D eigenvalue weighted by atomic mass is 35.5. The van der Waals surface area contributed by atoms with Gasteiger partial charge in [-0.1, -0.05) is 41.4 Å².